The third-order valence-corrected chi connectivity index (χ3v) is 2.98. The van der Waals surface area contributed by atoms with E-state index in [1.54, 1.807) is 12.1 Å². The summed E-state index contributed by atoms with van der Waals surface area (Å²) in [4.78, 5) is 10.8. The molecule has 0 N–H and O–H groups in total. The number of para-hydroxylation sites is 1. The van der Waals surface area contributed by atoms with Crippen LogP contribution in [-0.4, -0.2) is 11.1 Å². The number of benzene rings is 2. The number of aromatic nitrogens is 1. The molecule has 4 nitrogen and oxygen atoms in total. The molecule has 0 aliphatic heterocycles. The molecule has 0 atom stereocenters. The van der Waals surface area contributed by atoms with E-state index in [1.807, 2.05) is 36.4 Å². The smallest absolute Gasteiger partial charge is 0.167 e. The van der Waals surface area contributed by atoms with Gasteiger partial charge in [-0.05, 0) is 17.7 Å². The predicted octanol–water partition coefficient (Wildman–Crippen LogP) is 1.79. The number of hydrogen-bond acceptors (Lipinski definition) is 4. The Morgan fingerprint density at radius 2 is 1.84 bits per heavy atom. The summed E-state index contributed by atoms with van der Waals surface area (Å²) in [6.45, 7) is 0. The fourth-order valence-corrected chi connectivity index (χ4v) is 2.14. The van der Waals surface area contributed by atoms with Gasteiger partial charge in [0.2, 0.25) is 0 Å². The number of carboxylic acids is 1. The molecule has 0 aliphatic carbocycles. The Bertz CT molecular complexity index is 746. The van der Waals surface area contributed by atoms with Crippen molar-refractivity contribution in [2.24, 2.45) is 0 Å². The van der Waals surface area contributed by atoms with Crippen molar-refractivity contribution in [3.05, 3.63) is 54.1 Å². The van der Waals surface area contributed by atoms with Gasteiger partial charge in [0.1, 0.15) is 5.69 Å². The summed E-state index contributed by atoms with van der Waals surface area (Å²) in [6.07, 6.45) is -0.142. The van der Waals surface area contributed by atoms with Gasteiger partial charge in [0, 0.05) is 23.3 Å². The summed E-state index contributed by atoms with van der Waals surface area (Å²) in [7, 11) is 0. The molecule has 0 aliphatic rings. The minimum atomic E-state index is -1.11. The molecule has 1 aromatic heterocycles. The van der Waals surface area contributed by atoms with Gasteiger partial charge in [-0.2, -0.15) is 0 Å². The number of carboxylic acid groups (broad SMARTS) is 1. The zero-order valence-electron chi connectivity index (χ0n) is 10.00. The topological polar surface area (TPSA) is 66.2 Å². The van der Waals surface area contributed by atoms with E-state index in [1.165, 1.54) is 0 Å². The van der Waals surface area contributed by atoms with Crippen LogP contribution in [-0.2, 0) is 11.2 Å². The van der Waals surface area contributed by atoms with Gasteiger partial charge in [-0.1, -0.05) is 41.6 Å². The molecule has 0 saturated heterocycles. The Hall–Kier alpha value is -2.62. The fraction of sp³-hybridized carbons (Fsp3) is 0.0667. The largest absolute Gasteiger partial charge is 0.550 e. The van der Waals surface area contributed by atoms with Gasteiger partial charge in [-0.15, -0.1) is 0 Å². The quantitative estimate of drug-likeness (QED) is 0.712. The molecular formula is C15H10NO3-. The molecule has 3 aromatic rings. The Morgan fingerprint density at radius 1 is 1.11 bits per heavy atom. The van der Waals surface area contributed by atoms with Gasteiger partial charge in [0.05, 0.1) is 0 Å². The highest BCUT2D eigenvalue weighted by Crippen LogP contribution is 2.30. The standard InChI is InChI=1S/C15H11NO3/c17-14(18)9-10-5-1-2-6-11(10)15-12-7-3-4-8-13(12)19-16-15/h1-8H,9H2,(H,17,18)/p-1. The lowest BCUT2D eigenvalue weighted by molar-refractivity contribution is -0.304. The van der Waals surface area contributed by atoms with Crippen molar-refractivity contribution < 1.29 is 14.4 Å². The van der Waals surface area contributed by atoms with Crippen LogP contribution in [0.25, 0.3) is 22.2 Å². The first-order valence-electron chi connectivity index (χ1n) is 5.88. The predicted molar refractivity (Wildman–Crippen MR) is 68.2 cm³/mol. The molecule has 2 aromatic carbocycles. The second-order valence-corrected chi connectivity index (χ2v) is 4.23. The van der Waals surface area contributed by atoms with E-state index in [9.17, 15) is 9.90 Å². The lowest BCUT2D eigenvalue weighted by atomic mass is 10.00. The molecule has 94 valence electrons. The van der Waals surface area contributed by atoms with Gasteiger partial charge in [-0.25, -0.2) is 0 Å². The summed E-state index contributed by atoms with van der Waals surface area (Å²) >= 11 is 0. The zero-order valence-corrected chi connectivity index (χ0v) is 10.00. The van der Waals surface area contributed by atoms with Crippen LogP contribution in [0, 0.1) is 0 Å². The van der Waals surface area contributed by atoms with Crippen LogP contribution >= 0.6 is 0 Å². The fourth-order valence-electron chi connectivity index (χ4n) is 2.14. The number of carbonyl (C=O) groups excluding carboxylic acids is 1. The van der Waals surface area contributed by atoms with Crippen molar-refractivity contribution in [3.8, 4) is 11.3 Å². The highest BCUT2D eigenvalue weighted by atomic mass is 16.5. The number of hydrogen-bond donors (Lipinski definition) is 0. The third kappa shape index (κ3) is 2.08. The molecule has 0 radical (unpaired) electrons. The molecule has 0 amide bonds. The van der Waals surface area contributed by atoms with Crippen LogP contribution in [0.2, 0.25) is 0 Å². The van der Waals surface area contributed by atoms with E-state index < -0.39 is 5.97 Å². The van der Waals surface area contributed by atoms with Crippen molar-refractivity contribution in [2.75, 3.05) is 0 Å². The summed E-state index contributed by atoms with van der Waals surface area (Å²) in [6, 6.07) is 14.7. The van der Waals surface area contributed by atoms with E-state index in [2.05, 4.69) is 5.16 Å². The van der Waals surface area contributed by atoms with Crippen molar-refractivity contribution >= 4 is 16.9 Å². The normalized spacial score (nSPS) is 10.7. The van der Waals surface area contributed by atoms with Crippen LogP contribution in [0.5, 0.6) is 0 Å². The maximum absolute atomic E-state index is 10.8. The van der Waals surface area contributed by atoms with Gasteiger partial charge < -0.3 is 14.4 Å². The van der Waals surface area contributed by atoms with E-state index in [0.29, 0.717) is 16.8 Å². The number of fused-ring (bicyclic) bond motifs is 1. The first-order chi connectivity index (χ1) is 9.25. The van der Waals surface area contributed by atoms with Crippen molar-refractivity contribution in [3.63, 3.8) is 0 Å². The Kier molecular flexibility index (Phi) is 2.76. The number of aliphatic carboxylic acids is 1. The average molecular weight is 252 g/mol. The van der Waals surface area contributed by atoms with E-state index >= 15 is 0 Å². The minimum absolute atomic E-state index is 0.142. The van der Waals surface area contributed by atoms with Crippen LogP contribution in [0.3, 0.4) is 0 Å². The van der Waals surface area contributed by atoms with Crippen molar-refractivity contribution in [2.45, 2.75) is 6.42 Å². The van der Waals surface area contributed by atoms with E-state index in [0.717, 1.165) is 10.9 Å². The van der Waals surface area contributed by atoms with Gasteiger partial charge in [-0.3, -0.25) is 0 Å². The van der Waals surface area contributed by atoms with E-state index in [-0.39, 0.29) is 6.42 Å². The highest BCUT2D eigenvalue weighted by Gasteiger charge is 2.13. The molecule has 0 spiro atoms. The number of nitrogens with zero attached hydrogens (tertiary/aromatic N) is 1. The van der Waals surface area contributed by atoms with Crippen LogP contribution < -0.4 is 5.11 Å². The van der Waals surface area contributed by atoms with Gasteiger partial charge >= 0.3 is 0 Å². The summed E-state index contributed by atoms with van der Waals surface area (Å²) in [5, 5.41) is 15.7. The molecule has 4 heteroatoms. The molecule has 0 saturated carbocycles. The van der Waals surface area contributed by atoms with Crippen molar-refractivity contribution in [1.29, 1.82) is 0 Å². The zero-order chi connectivity index (χ0) is 13.2. The Morgan fingerprint density at radius 3 is 2.68 bits per heavy atom. The lowest BCUT2D eigenvalue weighted by Gasteiger charge is -2.07. The Balaban J connectivity index is 2.19. The summed E-state index contributed by atoms with van der Waals surface area (Å²) in [5.74, 6) is -1.11. The first kappa shape index (κ1) is 11.5. The maximum atomic E-state index is 10.8. The molecule has 19 heavy (non-hydrogen) atoms. The molecule has 1 heterocycles. The van der Waals surface area contributed by atoms with E-state index in [4.69, 9.17) is 4.52 Å². The number of carbonyl (C=O) groups is 1. The second-order valence-electron chi connectivity index (χ2n) is 4.23. The molecule has 0 bridgehead atoms. The van der Waals surface area contributed by atoms with Crippen molar-refractivity contribution in [1.82, 2.24) is 5.16 Å². The third-order valence-electron chi connectivity index (χ3n) is 2.98. The monoisotopic (exact) mass is 252 g/mol. The van der Waals surface area contributed by atoms with Crippen LogP contribution in [0.1, 0.15) is 5.56 Å². The minimum Gasteiger partial charge on any atom is -0.550 e. The number of rotatable bonds is 3. The SMILES string of the molecule is O=C([O-])Cc1ccccc1-c1noc2ccccc12. The Labute approximate surface area is 109 Å². The maximum Gasteiger partial charge on any atom is 0.167 e. The highest BCUT2D eigenvalue weighted by molar-refractivity contribution is 5.92. The average Bonchev–Trinajstić information content (AvgIpc) is 2.82. The summed E-state index contributed by atoms with van der Waals surface area (Å²) < 4.78 is 5.25. The molecular weight excluding hydrogens is 242 g/mol. The van der Waals surface area contributed by atoms with Crippen LogP contribution in [0.15, 0.2) is 53.1 Å². The first-order valence-corrected chi connectivity index (χ1v) is 5.88. The lowest BCUT2D eigenvalue weighted by Crippen LogP contribution is -2.24. The summed E-state index contributed by atoms with van der Waals surface area (Å²) in [5.41, 5.74) is 2.77. The van der Waals surface area contributed by atoms with Gasteiger partial charge in [0.15, 0.2) is 5.58 Å². The molecule has 0 fully saturated rings. The molecule has 0 unspecified atom stereocenters. The van der Waals surface area contributed by atoms with Crippen LogP contribution in [0.4, 0.5) is 0 Å². The second kappa shape index (κ2) is 4.57. The van der Waals surface area contributed by atoms with Gasteiger partial charge in [0.25, 0.3) is 0 Å². The molecule has 3 rings (SSSR count).